The third-order valence-electron chi connectivity index (χ3n) is 7.35. The molecule has 0 spiro atoms. The second-order valence-electron chi connectivity index (χ2n) is 10.5. The summed E-state index contributed by atoms with van der Waals surface area (Å²) < 4.78 is 37.6. The van der Waals surface area contributed by atoms with Gasteiger partial charge in [0.2, 0.25) is 0 Å². The molecular formula is C31H23F2N11O6. The van der Waals surface area contributed by atoms with Gasteiger partial charge >= 0.3 is 11.9 Å². The normalized spacial score (nSPS) is 10.9. The molecule has 0 aliphatic carbocycles. The van der Waals surface area contributed by atoms with Gasteiger partial charge in [0.15, 0.2) is 22.9 Å². The highest BCUT2D eigenvalue weighted by molar-refractivity contribution is 6.08. The zero-order chi connectivity index (χ0) is 35.4. The van der Waals surface area contributed by atoms with Gasteiger partial charge in [0.05, 0.1) is 29.6 Å². The molecule has 0 fully saturated rings. The van der Waals surface area contributed by atoms with Crippen LogP contribution >= 0.6 is 0 Å². The number of nitrogens with one attached hydrogen (secondary N) is 2. The van der Waals surface area contributed by atoms with Gasteiger partial charge in [-0.1, -0.05) is 0 Å². The van der Waals surface area contributed by atoms with Crippen molar-refractivity contribution in [2.24, 2.45) is 0 Å². The Morgan fingerprint density at radius 2 is 1.50 bits per heavy atom. The summed E-state index contributed by atoms with van der Waals surface area (Å²) in [6.07, 6.45) is 4.82. The molecule has 3 N–H and O–H groups in total. The number of anilines is 2. The first-order valence-corrected chi connectivity index (χ1v) is 14.6. The van der Waals surface area contributed by atoms with Gasteiger partial charge in [-0.15, -0.1) is 25.0 Å². The molecule has 4 heterocycles. The summed E-state index contributed by atoms with van der Waals surface area (Å²) in [5.74, 6) is -5.17. The van der Waals surface area contributed by atoms with Crippen LogP contribution in [0.5, 0.6) is 0 Å². The molecule has 19 heteroatoms. The monoisotopic (exact) mass is 683 g/mol. The second kappa shape index (κ2) is 14.0. The Hall–Kier alpha value is -7.05. The Kier molecular flexibility index (Phi) is 9.19. The number of esters is 1. The number of aromatic carboxylic acids is 1. The van der Waals surface area contributed by atoms with E-state index < -0.39 is 41.0 Å². The highest BCUT2D eigenvalue weighted by Gasteiger charge is 2.22. The number of hydrogen-bond donors (Lipinski definition) is 3. The molecule has 0 unspecified atom stereocenters. The number of imidazole rings is 1. The van der Waals surface area contributed by atoms with Gasteiger partial charge in [0.25, 0.3) is 11.8 Å². The van der Waals surface area contributed by atoms with Gasteiger partial charge in [0.1, 0.15) is 18.0 Å². The average molecular weight is 684 g/mol. The number of benzene rings is 2. The van der Waals surface area contributed by atoms with Crippen LogP contribution in [0, 0.1) is 11.6 Å². The summed E-state index contributed by atoms with van der Waals surface area (Å²) in [4.78, 5) is 54.1. The van der Waals surface area contributed by atoms with Crippen molar-refractivity contribution in [1.29, 1.82) is 0 Å². The van der Waals surface area contributed by atoms with Crippen LogP contribution in [0.25, 0.3) is 11.5 Å². The average Bonchev–Trinajstić information content (AvgIpc) is 3.83. The molecule has 4 aromatic heterocycles. The van der Waals surface area contributed by atoms with E-state index in [4.69, 9.17) is 4.74 Å². The lowest BCUT2D eigenvalue weighted by molar-refractivity contribution is 0.0600. The number of nitrogens with zero attached hydrogens (tertiary/aromatic N) is 9. The Bertz CT molecular complexity index is 2260. The third kappa shape index (κ3) is 6.95. The molecule has 0 bridgehead atoms. The van der Waals surface area contributed by atoms with E-state index in [0.717, 1.165) is 23.9 Å². The number of fused-ring (bicyclic) bond motifs is 1. The van der Waals surface area contributed by atoms with E-state index in [-0.39, 0.29) is 64.4 Å². The van der Waals surface area contributed by atoms with Gasteiger partial charge in [0, 0.05) is 12.4 Å². The number of halogens is 2. The largest absolute Gasteiger partial charge is 0.478 e. The predicted octanol–water partition coefficient (Wildman–Crippen LogP) is 2.94. The first-order valence-electron chi connectivity index (χ1n) is 14.6. The number of rotatable bonds is 11. The van der Waals surface area contributed by atoms with Crippen LogP contribution in [0.2, 0.25) is 0 Å². The summed E-state index contributed by atoms with van der Waals surface area (Å²) >= 11 is 0. The highest BCUT2D eigenvalue weighted by atomic mass is 19.1. The zero-order valence-electron chi connectivity index (χ0n) is 25.7. The van der Waals surface area contributed by atoms with Crippen molar-refractivity contribution in [3.63, 3.8) is 0 Å². The minimum absolute atomic E-state index is 0.00720. The van der Waals surface area contributed by atoms with Crippen molar-refractivity contribution in [1.82, 2.24) is 45.0 Å². The minimum atomic E-state index is -1.49. The molecule has 0 radical (unpaired) electrons. The quantitative estimate of drug-likeness (QED) is 0.167. The number of aromatic nitrogens is 9. The van der Waals surface area contributed by atoms with E-state index in [1.807, 2.05) is 0 Å². The fraction of sp³-hybridized carbons (Fsp3) is 0.129. The number of carboxylic acids is 1. The van der Waals surface area contributed by atoms with Gasteiger partial charge in [-0.25, -0.2) is 23.4 Å². The fourth-order valence-electron chi connectivity index (χ4n) is 4.87. The zero-order valence-corrected chi connectivity index (χ0v) is 25.7. The number of carbonyl (C=O) groups is 4. The maximum Gasteiger partial charge on any atom is 0.340 e. The molecule has 0 saturated heterocycles. The van der Waals surface area contributed by atoms with Crippen LogP contribution in [0.3, 0.4) is 0 Å². The van der Waals surface area contributed by atoms with E-state index in [0.29, 0.717) is 5.82 Å². The Morgan fingerprint density at radius 1 is 0.840 bits per heavy atom. The number of methoxy groups -OCH3 is 1. The maximum atomic E-state index is 15.2. The van der Waals surface area contributed by atoms with Crippen LogP contribution < -0.4 is 10.6 Å². The molecule has 6 rings (SSSR count). The molecular weight excluding hydrogens is 660 g/mol. The van der Waals surface area contributed by atoms with Gasteiger partial charge in [-0.2, -0.15) is 0 Å². The van der Waals surface area contributed by atoms with Crippen LogP contribution in [-0.2, 0) is 17.6 Å². The minimum Gasteiger partial charge on any atom is -0.478 e. The van der Waals surface area contributed by atoms with E-state index in [1.165, 1.54) is 42.7 Å². The van der Waals surface area contributed by atoms with E-state index >= 15 is 8.78 Å². The summed E-state index contributed by atoms with van der Waals surface area (Å²) in [5, 5.41) is 37.2. The number of carbonyl (C=O) groups excluding carboxylic acids is 3. The first-order chi connectivity index (χ1) is 24.1. The van der Waals surface area contributed by atoms with Crippen molar-refractivity contribution < 1.29 is 37.8 Å². The van der Waals surface area contributed by atoms with Crippen molar-refractivity contribution in [2.45, 2.75) is 19.3 Å². The predicted molar refractivity (Wildman–Crippen MR) is 167 cm³/mol. The van der Waals surface area contributed by atoms with Crippen molar-refractivity contribution >= 4 is 40.8 Å². The lowest BCUT2D eigenvalue weighted by Gasteiger charge is -2.14. The van der Waals surface area contributed by atoms with Gasteiger partial charge in [-0.3, -0.25) is 14.2 Å². The molecule has 6 aromatic rings. The standard InChI is InChI=1S/C31H23F2N11O6/c1-50-31(49)19-14-21(33)17(12-25(19)36-28(45)22-5-7-26(38-37-22)43-10-9-34-15-43)4-2-3-16-11-24(18(30(47)48)13-20(16)32)35-29(46)23-6-8-27-39-41-42-44(27)40-23/h5-15H,2-4H2,1H3,(H,35,46)(H,36,45)(H,47,48). The lowest BCUT2D eigenvalue weighted by Crippen LogP contribution is -2.18. The van der Waals surface area contributed by atoms with Crippen LogP contribution in [0.1, 0.15) is 59.2 Å². The van der Waals surface area contributed by atoms with Crippen molar-refractivity contribution in [3.8, 4) is 5.82 Å². The smallest absolute Gasteiger partial charge is 0.340 e. The van der Waals surface area contributed by atoms with E-state index in [1.54, 1.807) is 17.0 Å². The first kappa shape index (κ1) is 32.9. The molecule has 0 aliphatic heterocycles. The maximum absolute atomic E-state index is 15.2. The van der Waals surface area contributed by atoms with Crippen LogP contribution in [0.15, 0.2) is 67.3 Å². The Morgan fingerprint density at radius 3 is 2.12 bits per heavy atom. The molecule has 2 aromatic carbocycles. The number of amides is 2. The van der Waals surface area contributed by atoms with Crippen molar-refractivity contribution in [2.75, 3.05) is 17.7 Å². The Balaban J connectivity index is 1.19. The highest BCUT2D eigenvalue weighted by Crippen LogP contribution is 2.26. The summed E-state index contributed by atoms with van der Waals surface area (Å²) in [5.41, 5.74) is -0.866. The van der Waals surface area contributed by atoms with Crippen LogP contribution in [0.4, 0.5) is 20.2 Å². The molecule has 17 nitrogen and oxygen atoms in total. The fourth-order valence-corrected chi connectivity index (χ4v) is 4.87. The van der Waals surface area contributed by atoms with E-state index in [9.17, 15) is 24.3 Å². The molecule has 0 saturated carbocycles. The molecule has 252 valence electrons. The molecule has 0 aliphatic rings. The Labute approximate surface area is 278 Å². The number of aryl methyl sites for hydroxylation is 2. The topological polar surface area (TPSA) is 221 Å². The molecule has 2 amide bonds. The summed E-state index contributed by atoms with van der Waals surface area (Å²) in [6, 6.07) is 9.82. The number of tetrazole rings is 1. The molecule has 0 atom stereocenters. The number of hydrogen-bond acceptors (Lipinski definition) is 12. The van der Waals surface area contributed by atoms with Gasteiger partial charge in [-0.05, 0) is 89.3 Å². The summed E-state index contributed by atoms with van der Waals surface area (Å²) in [7, 11) is 1.10. The molecule has 50 heavy (non-hydrogen) atoms. The van der Waals surface area contributed by atoms with E-state index in [2.05, 4.69) is 46.4 Å². The lowest BCUT2D eigenvalue weighted by atomic mass is 9.99. The second-order valence-corrected chi connectivity index (χ2v) is 10.5. The SMILES string of the molecule is COC(=O)c1cc(F)c(CCCc2cc(NC(=O)c3ccc4nnnn4n3)c(C(=O)O)cc2F)cc1NC(=O)c1ccc(-n2ccnc2)nn1. The van der Waals surface area contributed by atoms with Gasteiger partial charge < -0.3 is 20.5 Å². The number of ether oxygens (including phenoxy) is 1. The van der Waals surface area contributed by atoms with Crippen molar-refractivity contribution in [3.05, 3.63) is 113 Å². The third-order valence-corrected chi connectivity index (χ3v) is 7.35. The summed E-state index contributed by atoms with van der Waals surface area (Å²) in [6.45, 7) is 0. The number of carboxylic acid groups (broad SMARTS) is 1. The van der Waals surface area contributed by atoms with Crippen LogP contribution in [-0.4, -0.2) is 81.0 Å².